The average molecular weight is 300 g/mol. The second-order valence-corrected chi connectivity index (χ2v) is 5.24. The van der Waals surface area contributed by atoms with E-state index in [0.717, 1.165) is 10.8 Å². The molecule has 5 rings (SSSR count). The molecule has 0 spiro atoms. The second kappa shape index (κ2) is 3.79. The summed E-state index contributed by atoms with van der Waals surface area (Å²) in [4.78, 5) is 0. The summed E-state index contributed by atoms with van der Waals surface area (Å²) in [6, 6.07) is 7.32. The van der Waals surface area contributed by atoms with Crippen molar-refractivity contribution in [3.8, 4) is 23.0 Å². The molecule has 0 radical (unpaired) electrons. The Labute approximate surface area is 123 Å². The van der Waals surface area contributed by atoms with E-state index >= 15 is 0 Å². The van der Waals surface area contributed by atoms with E-state index in [1.54, 1.807) is 12.1 Å². The van der Waals surface area contributed by atoms with E-state index in [1.165, 1.54) is 0 Å². The fraction of sp³-hybridized carbons (Fsp3) is 0.133. The normalized spacial score (nSPS) is 15.0. The molecule has 0 amide bonds. The van der Waals surface area contributed by atoms with Gasteiger partial charge in [-0.15, -0.1) is 0 Å². The molecule has 2 aromatic carbocycles. The SMILES string of the molecule is S=c1c2cc3c(cc2oc2cc4c(cc12)OCO4)OCO3. The van der Waals surface area contributed by atoms with Crippen LogP contribution in [0.3, 0.4) is 0 Å². The van der Waals surface area contributed by atoms with Gasteiger partial charge < -0.3 is 23.4 Å². The van der Waals surface area contributed by atoms with Crippen LogP contribution in [0.4, 0.5) is 0 Å². The van der Waals surface area contributed by atoms with Gasteiger partial charge in [0.15, 0.2) is 23.0 Å². The number of hydrogen-bond acceptors (Lipinski definition) is 6. The van der Waals surface area contributed by atoms with Gasteiger partial charge in [0.1, 0.15) is 11.2 Å². The standard InChI is InChI=1S/C15H8O5S/c21-15-7-1-11-13(18-5-16-11)3-9(7)20-10-4-14-12(2-8(10)15)17-6-19-14/h1-4H,5-6H2. The zero-order chi connectivity index (χ0) is 14.0. The monoisotopic (exact) mass is 300 g/mol. The van der Waals surface area contributed by atoms with Crippen LogP contribution >= 0.6 is 12.2 Å². The van der Waals surface area contributed by atoms with Crippen molar-refractivity contribution < 1.29 is 23.4 Å². The Balaban J connectivity index is 1.92. The Bertz CT molecular complexity index is 900. The smallest absolute Gasteiger partial charge is 0.231 e. The lowest BCUT2D eigenvalue weighted by atomic mass is 10.1. The molecule has 0 unspecified atom stereocenters. The van der Waals surface area contributed by atoms with E-state index in [-0.39, 0.29) is 13.6 Å². The predicted octanol–water partition coefficient (Wildman–Crippen LogP) is 3.77. The van der Waals surface area contributed by atoms with Crippen LogP contribution in [0, 0.1) is 4.51 Å². The first-order valence-corrected chi connectivity index (χ1v) is 6.80. The fourth-order valence-electron chi connectivity index (χ4n) is 2.63. The third kappa shape index (κ3) is 1.48. The van der Waals surface area contributed by atoms with Gasteiger partial charge in [-0.25, -0.2) is 0 Å². The molecule has 104 valence electrons. The lowest BCUT2D eigenvalue weighted by Crippen LogP contribution is -1.92. The van der Waals surface area contributed by atoms with Gasteiger partial charge in [-0.2, -0.15) is 0 Å². The topological polar surface area (TPSA) is 50.1 Å². The highest BCUT2D eigenvalue weighted by Crippen LogP contribution is 2.41. The van der Waals surface area contributed by atoms with Crippen molar-refractivity contribution in [1.29, 1.82) is 0 Å². The van der Waals surface area contributed by atoms with Crippen LogP contribution in [0.15, 0.2) is 28.7 Å². The van der Waals surface area contributed by atoms with Gasteiger partial charge >= 0.3 is 0 Å². The highest BCUT2D eigenvalue weighted by Gasteiger charge is 2.19. The summed E-state index contributed by atoms with van der Waals surface area (Å²) in [5, 5.41) is 1.64. The maximum Gasteiger partial charge on any atom is 0.231 e. The first-order valence-electron chi connectivity index (χ1n) is 6.39. The van der Waals surface area contributed by atoms with Crippen LogP contribution in [0.25, 0.3) is 21.9 Å². The zero-order valence-corrected chi connectivity index (χ0v) is 11.5. The average Bonchev–Trinajstić information content (AvgIpc) is 3.11. The van der Waals surface area contributed by atoms with Crippen LogP contribution in [-0.4, -0.2) is 13.6 Å². The van der Waals surface area contributed by atoms with E-state index in [1.807, 2.05) is 12.1 Å². The van der Waals surface area contributed by atoms with Gasteiger partial charge in [0, 0.05) is 22.9 Å². The largest absolute Gasteiger partial charge is 0.456 e. The molecule has 0 atom stereocenters. The van der Waals surface area contributed by atoms with E-state index in [0.29, 0.717) is 38.7 Å². The molecular formula is C15H8O5S. The molecule has 0 bridgehead atoms. The summed E-state index contributed by atoms with van der Waals surface area (Å²) in [6.07, 6.45) is 0. The molecule has 3 heterocycles. The number of fused-ring (bicyclic) bond motifs is 4. The molecule has 0 aliphatic carbocycles. The van der Waals surface area contributed by atoms with Crippen molar-refractivity contribution in [3.05, 3.63) is 28.8 Å². The van der Waals surface area contributed by atoms with Gasteiger partial charge in [-0.1, -0.05) is 12.2 Å². The Hall–Kier alpha value is -2.47. The Morgan fingerprint density at radius 1 is 0.667 bits per heavy atom. The van der Waals surface area contributed by atoms with Crippen molar-refractivity contribution in [1.82, 2.24) is 0 Å². The van der Waals surface area contributed by atoms with Crippen molar-refractivity contribution in [2.75, 3.05) is 13.6 Å². The lowest BCUT2D eigenvalue weighted by molar-refractivity contribution is 0.173. The summed E-state index contributed by atoms with van der Waals surface area (Å²) in [6.45, 7) is 0.432. The molecule has 3 aromatic rings. The molecule has 5 nitrogen and oxygen atoms in total. The molecular weight excluding hydrogens is 292 g/mol. The quantitative estimate of drug-likeness (QED) is 0.465. The highest BCUT2D eigenvalue weighted by atomic mass is 32.1. The van der Waals surface area contributed by atoms with E-state index in [4.69, 9.17) is 35.6 Å². The minimum absolute atomic E-state index is 0.216. The molecule has 0 N–H and O–H groups in total. The van der Waals surface area contributed by atoms with Crippen LogP contribution in [0.1, 0.15) is 0 Å². The highest BCUT2D eigenvalue weighted by molar-refractivity contribution is 7.72. The number of rotatable bonds is 0. The number of ether oxygens (including phenoxy) is 4. The van der Waals surface area contributed by atoms with Crippen LogP contribution < -0.4 is 18.9 Å². The molecule has 2 aliphatic rings. The molecule has 2 aliphatic heterocycles. The third-order valence-electron chi connectivity index (χ3n) is 3.66. The molecule has 1 aromatic heterocycles. The summed E-state index contributed by atoms with van der Waals surface area (Å²) >= 11 is 5.59. The first-order chi connectivity index (χ1) is 10.3. The van der Waals surface area contributed by atoms with Gasteiger partial charge in [0.05, 0.1) is 4.51 Å². The predicted molar refractivity (Wildman–Crippen MR) is 76.8 cm³/mol. The van der Waals surface area contributed by atoms with E-state index in [9.17, 15) is 0 Å². The van der Waals surface area contributed by atoms with Gasteiger partial charge in [0.25, 0.3) is 0 Å². The van der Waals surface area contributed by atoms with Crippen LogP contribution in [0.5, 0.6) is 23.0 Å². The van der Waals surface area contributed by atoms with Gasteiger partial charge in [0.2, 0.25) is 13.6 Å². The molecule has 6 heteroatoms. The molecule has 21 heavy (non-hydrogen) atoms. The number of hydrogen-bond donors (Lipinski definition) is 0. The fourth-order valence-corrected chi connectivity index (χ4v) is 2.95. The van der Waals surface area contributed by atoms with Crippen molar-refractivity contribution in [2.45, 2.75) is 0 Å². The van der Waals surface area contributed by atoms with Crippen molar-refractivity contribution >= 4 is 34.2 Å². The van der Waals surface area contributed by atoms with Crippen molar-refractivity contribution in [3.63, 3.8) is 0 Å². The summed E-state index contributed by atoms with van der Waals surface area (Å²) in [5.41, 5.74) is 1.33. The lowest BCUT2D eigenvalue weighted by Gasteiger charge is -2.05. The van der Waals surface area contributed by atoms with E-state index in [2.05, 4.69) is 0 Å². The summed E-state index contributed by atoms with van der Waals surface area (Å²) in [5.74, 6) is 2.70. The Morgan fingerprint density at radius 2 is 1.10 bits per heavy atom. The third-order valence-corrected chi connectivity index (χ3v) is 4.10. The summed E-state index contributed by atoms with van der Waals surface area (Å²) < 4.78 is 28.2. The second-order valence-electron chi connectivity index (χ2n) is 4.83. The van der Waals surface area contributed by atoms with Gasteiger partial charge in [-0.3, -0.25) is 0 Å². The minimum atomic E-state index is 0.216. The summed E-state index contributed by atoms with van der Waals surface area (Å²) in [7, 11) is 0. The molecule has 0 saturated heterocycles. The Morgan fingerprint density at radius 3 is 1.57 bits per heavy atom. The first kappa shape index (κ1) is 11.2. The van der Waals surface area contributed by atoms with Crippen molar-refractivity contribution in [2.24, 2.45) is 0 Å². The maximum atomic E-state index is 5.94. The zero-order valence-electron chi connectivity index (χ0n) is 10.7. The van der Waals surface area contributed by atoms with Crippen LogP contribution in [-0.2, 0) is 0 Å². The van der Waals surface area contributed by atoms with Crippen LogP contribution in [0.2, 0.25) is 0 Å². The number of benzene rings is 2. The van der Waals surface area contributed by atoms with E-state index < -0.39 is 0 Å². The maximum absolute atomic E-state index is 5.94. The molecule has 0 fully saturated rings. The van der Waals surface area contributed by atoms with Gasteiger partial charge in [-0.05, 0) is 12.1 Å². The Kier molecular flexibility index (Phi) is 2.03. The minimum Gasteiger partial charge on any atom is -0.456 e. The molecule has 0 saturated carbocycles.